The van der Waals surface area contributed by atoms with E-state index in [1.165, 1.54) is 4.57 Å². The SMILES string of the molecule is CCn1c(NNC(=O)CSC(C)(C)C)nc2ccccc2c1=O. The van der Waals surface area contributed by atoms with Gasteiger partial charge in [0.15, 0.2) is 0 Å². The normalized spacial score (nSPS) is 11.5. The minimum Gasteiger partial charge on any atom is -0.277 e. The molecule has 6 nitrogen and oxygen atoms in total. The quantitative estimate of drug-likeness (QED) is 0.821. The van der Waals surface area contributed by atoms with Crippen LogP contribution in [-0.2, 0) is 11.3 Å². The number of amides is 1. The third-order valence-electron chi connectivity index (χ3n) is 3.13. The third-order valence-corrected chi connectivity index (χ3v) is 4.40. The molecule has 0 saturated heterocycles. The predicted molar refractivity (Wildman–Crippen MR) is 95.7 cm³/mol. The summed E-state index contributed by atoms with van der Waals surface area (Å²) < 4.78 is 1.52. The Labute approximate surface area is 139 Å². The maximum Gasteiger partial charge on any atom is 0.262 e. The molecule has 0 aliphatic rings. The van der Waals surface area contributed by atoms with Crippen LogP contribution < -0.4 is 16.4 Å². The molecule has 0 unspecified atom stereocenters. The van der Waals surface area contributed by atoms with Gasteiger partial charge in [0.25, 0.3) is 5.56 Å². The first kappa shape index (κ1) is 17.3. The van der Waals surface area contributed by atoms with Gasteiger partial charge in [0.1, 0.15) is 0 Å². The fourth-order valence-electron chi connectivity index (χ4n) is 2.00. The van der Waals surface area contributed by atoms with Gasteiger partial charge in [-0.1, -0.05) is 32.9 Å². The number of anilines is 1. The van der Waals surface area contributed by atoms with Crippen molar-refractivity contribution >= 4 is 34.5 Å². The number of carbonyl (C=O) groups is 1. The molecule has 2 N–H and O–H groups in total. The van der Waals surface area contributed by atoms with E-state index in [1.807, 2.05) is 19.1 Å². The number of hydrogen-bond donors (Lipinski definition) is 2. The Morgan fingerprint density at radius 3 is 2.65 bits per heavy atom. The van der Waals surface area contributed by atoms with Crippen LogP contribution in [0.3, 0.4) is 0 Å². The maximum atomic E-state index is 12.4. The number of rotatable bonds is 5. The molecule has 124 valence electrons. The molecule has 0 aliphatic carbocycles. The van der Waals surface area contributed by atoms with Crippen LogP contribution in [0, 0.1) is 0 Å². The maximum absolute atomic E-state index is 12.4. The smallest absolute Gasteiger partial charge is 0.262 e. The Balaban J connectivity index is 2.17. The molecule has 0 aliphatic heterocycles. The summed E-state index contributed by atoms with van der Waals surface area (Å²) >= 11 is 1.55. The lowest BCUT2D eigenvalue weighted by atomic mass is 10.2. The Morgan fingerprint density at radius 2 is 2.00 bits per heavy atom. The lowest BCUT2D eigenvalue weighted by molar-refractivity contribution is -0.118. The molecule has 1 heterocycles. The standard InChI is InChI=1S/C16H22N4O2S/c1-5-20-14(22)11-8-6-7-9-12(11)17-15(20)19-18-13(21)10-23-16(2,3)4/h6-9H,5,10H2,1-4H3,(H,17,19)(H,18,21). The fourth-order valence-corrected chi connectivity index (χ4v) is 2.64. The van der Waals surface area contributed by atoms with Gasteiger partial charge < -0.3 is 0 Å². The van der Waals surface area contributed by atoms with Crippen LogP contribution in [0.25, 0.3) is 10.9 Å². The van der Waals surface area contributed by atoms with Gasteiger partial charge in [-0.05, 0) is 19.1 Å². The number of para-hydroxylation sites is 1. The summed E-state index contributed by atoms with van der Waals surface area (Å²) in [6.45, 7) is 8.49. The number of hydrazine groups is 1. The first-order valence-corrected chi connectivity index (χ1v) is 8.49. The van der Waals surface area contributed by atoms with Crippen molar-refractivity contribution in [2.45, 2.75) is 39.0 Å². The summed E-state index contributed by atoms with van der Waals surface area (Å²) in [6.07, 6.45) is 0. The third kappa shape index (κ3) is 4.48. The van der Waals surface area contributed by atoms with E-state index in [-0.39, 0.29) is 16.2 Å². The summed E-state index contributed by atoms with van der Waals surface area (Å²) in [6, 6.07) is 7.16. The van der Waals surface area contributed by atoms with E-state index in [1.54, 1.807) is 23.9 Å². The zero-order valence-corrected chi connectivity index (χ0v) is 14.7. The molecule has 1 amide bonds. The number of benzene rings is 1. The molecule has 0 saturated carbocycles. The highest BCUT2D eigenvalue weighted by Crippen LogP contribution is 2.22. The number of nitrogens with zero attached hydrogens (tertiary/aromatic N) is 2. The number of aromatic nitrogens is 2. The fraction of sp³-hybridized carbons (Fsp3) is 0.438. The topological polar surface area (TPSA) is 76.0 Å². The van der Waals surface area contributed by atoms with Gasteiger partial charge in [0.05, 0.1) is 16.7 Å². The summed E-state index contributed by atoms with van der Waals surface area (Å²) in [4.78, 5) is 28.8. The van der Waals surface area contributed by atoms with Crippen molar-refractivity contribution in [3.8, 4) is 0 Å². The van der Waals surface area contributed by atoms with Crippen LogP contribution in [0.15, 0.2) is 29.1 Å². The number of hydrogen-bond acceptors (Lipinski definition) is 5. The molecule has 0 bridgehead atoms. The molecule has 0 atom stereocenters. The Bertz CT molecular complexity index is 765. The van der Waals surface area contributed by atoms with Crippen molar-refractivity contribution in [2.24, 2.45) is 0 Å². The van der Waals surface area contributed by atoms with Crippen molar-refractivity contribution in [2.75, 3.05) is 11.2 Å². The second kappa shape index (κ2) is 7.04. The molecule has 1 aromatic carbocycles. The van der Waals surface area contributed by atoms with Gasteiger partial charge in [0, 0.05) is 11.3 Å². The zero-order chi connectivity index (χ0) is 17.0. The molecule has 2 rings (SSSR count). The molecule has 23 heavy (non-hydrogen) atoms. The van der Waals surface area contributed by atoms with E-state index in [2.05, 4.69) is 36.6 Å². The molecule has 0 spiro atoms. The lowest BCUT2D eigenvalue weighted by Crippen LogP contribution is -2.35. The van der Waals surface area contributed by atoms with E-state index in [0.29, 0.717) is 29.1 Å². The summed E-state index contributed by atoms with van der Waals surface area (Å²) in [5, 5.41) is 0.564. The van der Waals surface area contributed by atoms with Gasteiger partial charge in [-0.3, -0.25) is 25.0 Å². The average Bonchev–Trinajstić information content (AvgIpc) is 2.50. The monoisotopic (exact) mass is 334 g/mol. The highest BCUT2D eigenvalue weighted by atomic mass is 32.2. The molecule has 2 aromatic rings. The molecule has 0 fully saturated rings. The molecular weight excluding hydrogens is 312 g/mol. The van der Waals surface area contributed by atoms with Gasteiger partial charge >= 0.3 is 0 Å². The van der Waals surface area contributed by atoms with Gasteiger partial charge in [-0.2, -0.15) is 0 Å². The van der Waals surface area contributed by atoms with Crippen molar-refractivity contribution in [3.63, 3.8) is 0 Å². The van der Waals surface area contributed by atoms with Gasteiger partial charge in [-0.15, -0.1) is 11.8 Å². The predicted octanol–water partition coefficient (Wildman–Crippen LogP) is 2.39. The van der Waals surface area contributed by atoms with Crippen LogP contribution in [0.4, 0.5) is 5.95 Å². The minimum atomic E-state index is -0.157. The zero-order valence-electron chi connectivity index (χ0n) is 13.8. The van der Waals surface area contributed by atoms with Gasteiger partial charge in [-0.25, -0.2) is 4.98 Å². The van der Waals surface area contributed by atoms with E-state index in [4.69, 9.17) is 0 Å². The number of thioether (sulfide) groups is 1. The van der Waals surface area contributed by atoms with Crippen molar-refractivity contribution in [1.82, 2.24) is 15.0 Å². The largest absolute Gasteiger partial charge is 0.277 e. The Hall–Kier alpha value is -2.02. The Morgan fingerprint density at radius 1 is 1.30 bits per heavy atom. The van der Waals surface area contributed by atoms with Crippen LogP contribution in [-0.4, -0.2) is 26.0 Å². The second-order valence-corrected chi connectivity index (χ2v) is 7.88. The van der Waals surface area contributed by atoms with E-state index in [9.17, 15) is 9.59 Å². The number of fused-ring (bicyclic) bond motifs is 1. The lowest BCUT2D eigenvalue weighted by Gasteiger charge is -2.18. The van der Waals surface area contributed by atoms with Crippen LogP contribution >= 0.6 is 11.8 Å². The van der Waals surface area contributed by atoms with Crippen LogP contribution in [0.5, 0.6) is 0 Å². The van der Waals surface area contributed by atoms with Crippen LogP contribution in [0.2, 0.25) is 0 Å². The van der Waals surface area contributed by atoms with E-state index < -0.39 is 0 Å². The number of carbonyl (C=O) groups excluding carboxylic acids is 1. The summed E-state index contributed by atoms with van der Waals surface area (Å²) in [7, 11) is 0. The first-order valence-electron chi connectivity index (χ1n) is 7.50. The van der Waals surface area contributed by atoms with Crippen LogP contribution in [0.1, 0.15) is 27.7 Å². The summed E-state index contributed by atoms with van der Waals surface area (Å²) in [5.41, 5.74) is 5.85. The average molecular weight is 334 g/mol. The Kier molecular flexibility index (Phi) is 5.30. The number of nitrogens with one attached hydrogen (secondary N) is 2. The molecule has 0 radical (unpaired) electrons. The van der Waals surface area contributed by atoms with Gasteiger partial charge in [0.2, 0.25) is 11.9 Å². The molecule has 1 aromatic heterocycles. The molecular formula is C16H22N4O2S. The molecule has 7 heteroatoms. The first-order chi connectivity index (χ1) is 10.8. The highest BCUT2D eigenvalue weighted by Gasteiger charge is 2.14. The van der Waals surface area contributed by atoms with E-state index in [0.717, 1.165) is 0 Å². The van der Waals surface area contributed by atoms with E-state index >= 15 is 0 Å². The minimum absolute atomic E-state index is 0.0179. The van der Waals surface area contributed by atoms with Crippen molar-refractivity contribution in [3.05, 3.63) is 34.6 Å². The van der Waals surface area contributed by atoms with Crippen molar-refractivity contribution < 1.29 is 4.79 Å². The highest BCUT2D eigenvalue weighted by molar-refractivity contribution is 8.01. The van der Waals surface area contributed by atoms with Crippen molar-refractivity contribution in [1.29, 1.82) is 0 Å². The second-order valence-electron chi connectivity index (χ2n) is 6.08. The summed E-state index contributed by atoms with van der Waals surface area (Å²) in [5.74, 6) is 0.515.